The molecule has 0 atom stereocenters. The standard InChI is InChI=1S/C12H14BrNO/c1-15-11-7-10-8(6-9(11)13)12(2-3-12)4-5-14-10/h6-7,14H,2-5H2,1H3. The molecule has 1 aliphatic heterocycles. The molecule has 3 rings (SSSR count). The number of hydrogen-bond acceptors (Lipinski definition) is 2. The van der Waals surface area contributed by atoms with E-state index in [1.807, 2.05) is 0 Å². The zero-order chi connectivity index (χ0) is 10.5. The van der Waals surface area contributed by atoms with Crippen LogP contribution in [0.5, 0.6) is 5.75 Å². The molecule has 1 aromatic carbocycles. The third kappa shape index (κ3) is 1.36. The second kappa shape index (κ2) is 3.14. The van der Waals surface area contributed by atoms with E-state index >= 15 is 0 Å². The summed E-state index contributed by atoms with van der Waals surface area (Å²) < 4.78 is 6.38. The average Bonchev–Trinajstić information content (AvgIpc) is 3.00. The lowest BCUT2D eigenvalue weighted by Crippen LogP contribution is -2.21. The Balaban J connectivity index is 2.13. The number of methoxy groups -OCH3 is 1. The minimum atomic E-state index is 0.495. The number of hydrogen-bond donors (Lipinski definition) is 1. The van der Waals surface area contributed by atoms with Crippen LogP contribution in [0.3, 0.4) is 0 Å². The van der Waals surface area contributed by atoms with Crippen LogP contribution in [0.25, 0.3) is 0 Å². The first-order chi connectivity index (χ1) is 7.25. The first kappa shape index (κ1) is 9.52. The van der Waals surface area contributed by atoms with E-state index in [4.69, 9.17) is 4.74 Å². The van der Waals surface area contributed by atoms with Gasteiger partial charge in [0.25, 0.3) is 0 Å². The second-order valence-electron chi connectivity index (χ2n) is 4.49. The highest BCUT2D eigenvalue weighted by molar-refractivity contribution is 9.10. The van der Waals surface area contributed by atoms with Crippen molar-refractivity contribution in [3.63, 3.8) is 0 Å². The third-order valence-electron chi connectivity index (χ3n) is 3.64. The molecule has 2 nitrogen and oxygen atoms in total. The predicted molar refractivity (Wildman–Crippen MR) is 64.7 cm³/mol. The van der Waals surface area contributed by atoms with E-state index in [1.165, 1.54) is 30.5 Å². The van der Waals surface area contributed by atoms with Crippen molar-refractivity contribution in [3.8, 4) is 5.75 Å². The molecule has 1 spiro atoms. The van der Waals surface area contributed by atoms with Crippen molar-refractivity contribution >= 4 is 21.6 Å². The van der Waals surface area contributed by atoms with E-state index < -0.39 is 0 Å². The van der Waals surface area contributed by atoms with Crippen LogP contribution in [-0.2, 0) is 5.41 Å². The molecule has 80 valence electrons. The van der Waals surface area contributed by atoms with Gasteiger partial charge in [-0.1, -0.05) is 0 Å². The summed E-state index contributed by atoms with van der Waals surface area (Å²) in [6.07, 6.45) is 3.97. The Labute approximate surface area is 98.1 Å². The first-order valence-electron chi connectivity index (χ1n) is 5.37. The van der Waals surface area contributed by atoms with Crippen LogP contribution in [0, 0.1) is 0 Å². The summed E-state index contributed by atoms with van der Waals surface area (Å²) in [6.45, 7) is 1.10. The minimum absolute atomic E-state index is 0.495. The van der Waals surface area contributed by atoms with Crippen LogP contribution in [-0.4, -0.2) is 13.7 Å². The van der Waals surface area contributed by atoms with Gasteiger partial charge in [-0.3, -0.25) is 0 Å². The number of halogens is 1. The van der Waals surface area contributed by atoms with Crippen LogP contribution in [0.1, 0.15) is 24.8 Å². The number of benzene rings is 1. The van der Waals surface area contributed by atoms with Crippen molar-refractivity contribution in [2.24, 2.45) is 0 Å². The zero-order valence-corrected chi connectivity index (χ0v) is 10.4. The summed E-state index contributed by atoms with van der Waals surface area (Å²) in [7, 11) is 1.71. The number of anilines is 1. The van der Waals surface area contributed by atoms with Gasteiger partial charge in [-0.05, 0) is 52.2 Å². The van der Waals surface area contributed by atoms with Gasteiger partial charge in [0.2, 0.25) is 0 Å². The summed E-state index contributed by atoms with van der Waals surface area (Å²) in [5.41, 5.74) is 3.23. The number of nitrogens with one attached hydrogen (secondary N) is 1. The van der Waals surface area contributed by atoms with E-state index in [1.54, 1.807) is 7.11 Å². The molecule has 0 radical (unpaired) electrons. The molecule has 0 unspecified atom stereocenters. The number of fused-ring (bicyclic) bond motifs is 2. The van der Waals surface area contributed by atoms with Crippen molar-refractivity contribution in [1.82, 2.24) is 0 Å². The molecule has 0 aromatic heterocycles. The highest BCUT2D eigenvalue weighted by Crippen LogP contribution is 2.56. The fourth-order valence-corrected chi connectivity index (χ4v) is 3.04. The van der Waals surface area contributed by atoms with Gasteiger partial charge in [-0.15, -0.1) is 0 Å². The molecule has 0 bridgehead atoms. The Kier molecular flexibility index (Phi) is 2.00. The van der Waals surface area contributed by atoms with Gasteiger partial charge in [0.1, 0.15) is 5.75 Å². The van der Waals surface area contributed by atoms with Gasteiger partial charge in [-0.2, -0.15) is 0 Å². The Morgan fingerprint density at radius 3 is 2.80 bits per heavy atom. The maximum absolute atomic E-state index is 5.31. The van der Waals surface area contributed by atoms with Crippen molar-refractivity contribution in [3.05, 3.63) is 22.2 Å². The van der Waals surface area contributed by atoms with Gasteiger partial charge in [0, 0.05) is 18.3 Å². The van der Waals surface area contributed by atoms with Crippen molar-refractivity contribution in [2.45, 2.75) is 24.7 Å². The molecule has 1 aliphatic carbocycles. The fraction of sp³-hybridized carbons (Fsp3) is 0.500. The third-order valence-corrected chi connectivity index (χ3v) is 4.26. The van der Waals surface area contributed by atoms with Gasteiger partial charge in [0.05, 0.1) is 11.6 Å². The Morgan fingerprint density at radius 1 is 1.33 bits per heavy atom. The summed E-state index contributed by atoms with van der Waals surface area (Å²) in [5.74, 6) is 0.916. The summed E-state index contributed by atoms with van der Waals surface area (Å²) in [6, 6.07) is 4.34. The van der Waals surface area contributed by atoms with Crippen molar-refractivity contribution in [1.29, 1.82) is 0 Å². The smallest absolute Gasteiger partial charge is 0.135 e. The monoisotopic (exact) mass is 267 g/mol. The van der Waals surface area contributed by atoms with Gasteiger partial charge in [0.15, 0.2) is 0 Å². The molecule has 3 heteroatoms. The number of ether oxygens (including phenoxy) is 1. The van der Waals surface area contributed by atoms with Gasteiger partial charge >= 0.3 is 0 Å². The van der Waals surface area contributed by atoms with Crippen LogP contribution in [0.4, 0.5) is 5.69 Å². The van der Waals surface area contributed by atoms with Crippen LogP contribution in [0.15, 0.2) is 16.6 Å². The van der Waals surface area contributed by atoms with E-state index in [-0.39, 0.29) is 0 Å². The highest BCUT2D eigenvalue weighted by atomic mass is 79.9. The molecule has 0 amide bonds. The Hall–Kier alpha value is -0.700. The topological polar surface area (TPSA) is 21.3 Å². The normalized spacial score (nSPS) is 20.7. The molecule has 1 saturated carbocycles. The van der Waals surface area contributed by atoms with Gasteiger partial charge < -0.3 is 10.1 Å². The minimum Gasteiger partial charge on any atom is -0.495 e. The number of rotatable bonds is 1. The molecule has 0 saturated heterocycles. The first-order valence-corrected chi connectivity index (χ1v) is 6.16. The summed E-state index contributed by atoms with van der Waals surface area (Å²) >= 11 is 3.56. The molecule has 15 heavy (non-hydrogen) atoms. The van der Waals surface area contributed by atoms with Crippen LogP contribution < -0.4 is 10.1 Å². The second-order valence-corrected chi connectivity index (χ2v) is 5.34. The van der Waals surface area contributed by atoms with E-state index in [0.717, 1.165) is 16.8 Å². The van der Waals surface area contributed by atoms with Crippen molar-refractivity contribution < 1.29 is 4.74 Å². The van der Waals surface area contributed by atoms with Crippen molar-refractivity contribution in [2.75, 3.05) is 19.0 Å². The molecular formula is C12H14BrNO. The SMILES string of the molecule is COc1cc2c(cc1Br)C1(CCN2)CC1. The maximum atomic E-state index is 5.31. The highest BCUT2D eigenvalue weighted by Gasteiger charge is 2.47. The molecule has 1 heterocycles. The zero-order valence-electron chi connectivity index (χ0n) is 8.77. The lowest BCUT2D eigenvalue weighted by Gasteiger charge is -2.27. The Bertz CT molecular complexity index is 412. The van der Waals surface area contributed by atoms with E-state index in [9.17, 15) is 0 Å². The summed E-state index contributed by atoms with van der Waals surface area (Å²) in [4.78, 5) is 0. The molecule has 1 aromatic rings. The molecule has 2 aliphatic rings. The van der Waals surface area contributed by atoms with E-state index in [2.05, 4.69) is 33.4 Å². The lowest BCUT2D eigenvalue weighted by molar-refractivity contribution is 0.411. The average molecular weight is 268 g/mol. The Morgan fingerprint density at radius 2 is 2.13 bits per heavy atom. The predicted octanol–water partition coefficient (Wildman–Crippen LogP) is 3.30. The molecule has 1 fully saturated rings. The van der Waals surface area contributed by atoms with Gasteiger partial charge in [-0.25, -0.2) is 0 Å². The maximum Gasteiger partial charge on any atom is 0.135 e. The fourth-order valence-electron chi connectivity index (χ4n) is 2.54. The van der Waals surface area contributed by atoms with Crippen LogP contribution >= 0.6 is 15.9 Å². The summed E-state index contributed by atoms with van der Waals surface area (Å²) in [5, 5.41) is 3.46. The lowest BCUT2D eigenvalue weighted by atomic mass is 9.88. The largest absolute Gasteiger partial charge is 0.495 e. The molecular weight excluding hydrogens is 254 g/mol. The molecule has 1 N–H and O–H groups in total. The van der Waals surface area contributed by atoms with Crippen LogP contribution in [0.2, 0.25) is 0 Å². The van der Waals surface area contributed by atoms with E-state index in [0.29, 0.717) is 5.41 Å². The quantitative estimate of drug-likeness (QED) is 0.843.